The second kappa shape index (κ2) is 9.95. The predicted molar refractivity (Wildman–Crippen MR) is 131 cm³/mol. The van der Waals surface area contributed by atoms with Crippen molar-refractivity contribution in [2.45, 2.75) is 0 Å². The Morgan fingerprint density at radius 2 is 1.25 bits per heavy atom. The third-order valence-electron chi connectivity index (χ3n) is 6.07. The van der Waals surface area contributed by atoms with E-state index >= 15 is 0 Å². The molecule has 0 fully saturated rings. The summed E-state index contributed by atoms with van der Waals surface area (Å²) in [5, 5.41) is 31.2. The van der Waals surface area contributed by atoms with Gasteiger partial charge in [0.25, 0.3) is 0 Å². The number of fused-ring (bicyclic) bond motifs is 2. The van der Waals surface area contributed by atoms with Gasteiger partial charge in [-0.15, -0.1) is 0 Å². The molecule has 3 N–H and O–H groups in total. The second-order valence-electron chi connectivity index (χ2n) is 8.06. The Balaban J connectivity index is 0.00000304. The Kier molecular flexibility index (Phi) is 6.95. The molecule has 0 aromatic heterocycles. The van der Waals surface area contributed by atoms with Crippen LogP contribution in [0.2, 0.25) is 0 Å². The van der Waals surface area contributed by atoms with E-state index in [2.05, 4.69) is 0 Å². The van der Waals surface area contributed by atoms with Gasteiger partial charge in [-0.25, -0.2) is 9.59 Å². The fourth-order valence-electron chi connectivity index (χ4n) is 4.51. The average molecular weight is 485 g/mol. The largest absolute Gasteiger partial charge is 1.00 e. The Hall–Kier alpha value is -3.97. The number of hydrogen-bond donors (Lipinski definition) is 3. The van der Waals surface area contributed by atoms with Gasteiger partial charge in [-0.1, -0.05) is 78.9 Å². The van der Waals surface area contributed by atoms with Crippen molar-refractivity contribution in [1.29, 1.82) is 0 Å². The maximum atomic E-state index is 12.9. The third kappa shape index (κ3) is 4.16. The molecule has 0 saturated carbocycles. The maximum absolute atomic E-state index is 12.9. The van der Waals surface area contributed by atoms with Crippen molar-refractivity contribution < 1.29 is 59.3 Å². The van der Waals surface area contributed by atoms with Crippen LogP contribution in [-0.4, -0.2) is 33.0 Å². The fraction of sp³-hybridized carbons (Fsp3) is 0. The molecule has 0 saturated heterocycles. The van der Waals surface area contributed by atoms with Crippen LogP contribution >= 0.6 is 0 Å². The first-order chi connectivity index (χ1) is 16.9. The van der Waals surface area contributed by atoms with E-state index in [4.69, 9.17) is 0 Å². The summed E-state index contributed by atoms with van der Waals surface area (Å²) < 4.78 is 0. The first-order valence-electron chi connectivity index (χ1n) is 10.8. The van der Waals surface area contributed by atoms with E-state index < -0.39 is 17.7 Å². The molecule has 7 heteroatoms. The summed E-state index contributed by atoms with van der Waals surface area (Å²) in [5.74, 6) is -3.59. The van der Waals surface area contributed by atoms with Gasteiger partial charge in [0.15, 0.2) is 0 Å². The number of carbonyl (C=O) groups is 3. The molecule has 36 heavy (non-hydrogen) atoms. The van der Waals surface area contributed by atoms with Crippen molar-refractivity contribution in [2.24, 2.45) is 0 Å². The van der Waals surface area contributed by atoms with E-state index in [-0.39, 0.29) is 52.0 Å². The minimum Gasteiger partial charge on any atom is -0.506 e. The fourth-order valence-corrected chi connectivity index (χ4v) is 4.51. The molecule has 6 nitrogen and oxygen atoms in total. The number of aliphatic carboxylic acids is 1. The second-order valence-corrected chi connectivity index (χ2v) is 8.06. The van der Waals surface area contributed by atoms with Gasteiger partial charge in [-0.2, -0.15) is 0 Å². The molecule has 1 aliphatic rings. The maximum Gasteiger partial charge on any atom is 1.00 e. The summed E-state index contributed by atoms with van der Waals surface area (Å²) in [6.07, 6.45) is 1.34. The zero-order valence-electron chi connectivity index (χ0n) is 19.2. The van der Waals surface area contributed by atoms with Crippen LogP contribution in [0.3, 0.4) is 0 Å². The molecule has 0 heterocycles. The number of rotatable bonds is 4. The number of carbonyl (C=O) groups excluding carboxylic acids is 1. The molecule has 0 aliphatic heterocycles. The van der Waals surface area contributed by atoms with Crippen molar-refractivity contribution in [1.82, 2.24) is 0 Å². The Morgan fingerprint density at radius 3 is 1.89 bits per heavy atom. The van der Waals surface area contributed by atoms with Gasteiger partial charge in [0.2, 0.25) is 5.78 Å². The molecular weight excluding hydrogens is 467 g/mol. The van der Waals surface area contributed by atoms with Crippen LogP contribution in [0, 0.1) is 0 Å². The number of phenols is 1. The zero-order valence-corrected chi connectivity index (χ0v) is 21.2. The van der Waals surface area contributed by atoms with Crippen LogP contribution in [0.1, 0.15) is 37.4 Å². The van der Waals surface area contributed by atoms with Gasteiger partial charge in [-0.3, -0.25) is 4.79 Å². The molecule has 0 radical (unpaired) electrons. The molecule has 0 atom stereocenters. The van der Waals surface area contributed by atoms with Gasteiger partial charge < -0.3 is 15.3 Å². The minimum atomic E-state index is -1.35. The van der Waals surface area contributed by atoms with Crippen LogP contribution in [0.4, 0.5) is 0 Å². The van der Waals surface area contributed by atoms with Crippen LogP contribution in [0.5, 0.6) is 5.75 Å². The number of benzene rings is 4. The number of carboxylic acids is 2. The van der Waals surface area contributed by atoms with E-state index in [1.165, 1.54) is 12.1 Å². The summed E-state index contributed by atoms with van der Waals surface area (Å²) in [4.78, 5) is 36.9. The van der Waals surface area contributed by atoms with Gasteiger partial charge in [0.1, 0.15) is 16.9 Å². The first-order valence-corrected chi connectivity index (χ1v) is 10.8. The molecule has 0 bridgehead atoms. The predicted octanol–water partition coefficient (Wildman–Crippen LogP) is 2.41. The third-order valence-corrected chi connectivity index (χ3v) is 6.07. The Labute approximate surface area is 228 Å². The number of allylic oxidation sites excluding steroid dienone is 2. The number of Topliss-reactive ketones (excluding diaryl/α,β-unsaturated/α-hetero) is 1. The Morgan fingerprint density at radius 1 is 0.667 bits per heavy atom. The van der Waals surface area contributed by atoms with Crippen LogP contribution in [0.25, 0.3) is 21.9 Å². The summed E-state index contributed by atoms with van der Waals surface area (Å²) in [6, 6.07) is 24.1. The zero-order chi connectivity index (χ0) is 24.7. The van der Waals surface area contributed by atoms with Gasteiger partial charge >= 0.3 is 41.5 Å². The van der Waals surface area contributed by atoms with Crippen molar-refractivity contribution >= 4 is 39.6 Å². The standard InChI is InChI=1S/C29H18O6.Na/c30-26-19-12-6-4-10-17(19)21(14-23(26)28(32)33)25(16-8-2-1-3-9-16)22-15-24(29(34)35)27(31)20-13-7-5-11-18(20)22;/h1-15,30H,(H,32,33)(H,34,35);/q;+1/b25-22+;. The van der Waals surface area contributed by atoms with Crippen molar-refractivity contribution in [3.05, 3.63) is 124 Å². The van der Waals surface area contributed by atoms with Crippen LogP contribution in [0.15, 0.2) is 96.6 Å². The summed E-state index contributed by atoms with van der Waals surface area (Å²) >= 11 is 0. The van der Waals surface area contributed by atoms with Crippen molar-refractivity contribution in [2.75, 3.05) is 0 Å². The quantitative estimate of drug-likeness (QED) is 0.302. The van der Waals surface area contributed by atoms with E-state index in [0.29, 0.717) is 38.6 Å². The summed E-state index contributed by atoms with van der Waals surface area (Å²) in [6.45, 7) is 0. The van der Waals surface area contributed by atoms with Gasteiger partial charge in [-0.05, 0) is 45.4 Å². The molecule has 170 valence electrons. The molecule has 0 spiro atoms. The summed E-state index contributed by atoms with van der Waals surface area (Å²) in [5.41, 5.74) is 2.32. The number of carboxylic acid groups (broad SMARTS) is 2. The van der Waals surface area contributed by atoms with Crippen molar-refractivity contribution in [3.8, 4) is 5.75 Å². The number of aromatic hydroxyl groups is 1. The van der Waals surface area contributed by atoms with E-state index in [0.717, 1.165) is 0 Å². The first kappa shape index (κ1) is 25.1. The molecule has 0 unspecified atom stereocenters. The number of hydrogen-bond acceptors (Lipinski definition) is 4. The monoisotopic (exact) mass is 485 g/mol. The van der Waals surface area contributed by atoms with E-state index in [1.807, 2.05) is 30.3 Å². The smallest absolute Gasteiger partial charge is 0.506 e. The van der Waals surface area contributed by atoms with Crippen molar-refractivity contribution in [3.63, 3.8) is 0 Å². The van der Waals surface area contributed by atoms with E-state index in [9.17, 15) is 29.7 Å². The van der Waals surface area contributed by atoms with E-state index in [1.54, 1.807) is 48.5 Å². The average Bonchev–Trinajstić information content (AvgIpc) is 2.87. The van der Waals surface area contributed by atoms with Crippen LogP contribution in [-0.2, 0) is 4.79 Å². The number of aromatic carboxylic acids is 1. The minimum absolute atomic E-state index is 0. The Bertz CT molecular complexity index is 1620. The van der Waals surface area contributed by atoms with Gasteiger partial charge in [0, 0.05) is 10.9 Å². The molecule has 1 aliphatic carbocycles. The van der Waals surface area contributed by atoms with Crippen LogP contribution < -0.4 is 29.6 Å². The molecular formula is C29H18NaO6+. The number of ketones is 1. The normalized spacial score (nSPS) is 13.9. The summed E-state index contributed by atoms with van der Waals surface area (Å²) in [7, 11) is 0. The molecule has 4 aromatic carbocycles. The molecule has 5 rings (SSSR count). The molecule has 4 aromatic rings. The SMILES string of the molecule is O=C(O)C1=C/C(=C(/c2ccccc2)c2cc(C(=O)O)c(O)c3ccccc23)c2ccccc2C1=O.[Na+]. The topological polar surface area (TPSA) is 112 Å². The van der Waals surface area contributed by atoms with Gasteiger partial charge in [0.05, 0.1) is 0 Å². The molecule has 0 amide bonds.